The van der Waals surface area contributed by atoms with Crippen LogP contribution < -0.4 is 9.64 Å². The minimum absolute atomic E-state index is 0.0588. The Labute approximate surface area is 193 Å². The molecule has 0 saturated carbocycles. The topological polar surface area (TPSA) is 61.8 Å². The zero-order chi connectivity index (χ0) is 22.3. The second-order valence-corrected chi connectivity index (χ2v) is 8.54. The van der Waals surface area contributed by atoms with Crippen LogP contribution in [0.4, 0.5) is 5.82 Å². The van der Waals surface area contributed by atoms with Gasteiger partial charge in [-0.15, -0.1) is 4.37 Å². The van der Waals surface area contributed by atoms with Crippen molar-refractivity contribution in [1.82, 2.24) is 18.5 Å². The second kappa shape index (κ2) is 10.6. The summed E-state index contributed by atoms with van der Waals surface area (Å²) in [4.78, 5) is 19.7. The molecule has 3 aromatic rings. The van der Waals surface area contributed by atoms with E-state index in [2.05, 4.69) is 42.8 Å². The molecule has 0 aliphatic carbocycles. The Morgan fingerprint density at radius 1 is 1.03 bits per heavy atom. The van der Waals surface area contributed by atoms with E-state index in [-0.39, 0.29) is 11.9 Å². The minimum Gasteiger partial charge on any atom is -0.478 e. The fourth-order valence-electron chi connectivity index (χ4n) is 4.10. The lowest BCUT2D eigenvalue weighted by molar-refractivity contribution is 0.0683. The van der Waals surface area contributed by atoms with Gasteiger partial charge >= 0.3 is 0 Å². The molecule has 0 unspecified atom stereocenters. The molecule has 2 heterocycles. The highest BCUT2D eigenvalue weighted by molar-refractivity contribution is 6.99. The van der Waals surface area contributed by atoms with E-state index in [4.69, 9.17) is 4.74 Å². The first kappa shape index (κ1) is 22.2. The van der Waals surface area contributed by atoms with Crippen LogP contribution in [0, 0.1) is 0 Å². The van der Waals surface area contributed by atoms with Gasteiger partial charge in [0.05, 0.1) is 18.8 Å². The molecule has 1 fully saturated rings. The standard InChI is InChI=1S/C24H29N5O2S/c1-27(24(30)20-11-7-4-8-12-20)21(17-19-9-5-3-6-10-19)18-28-13-15-29(16-14-28)22-23(31-2)26-32-25-22/h3-12,21H,13-18H2,1-2H3/t21-/m1/s1. The van der Waals surface area contributed by atoms with E-state index in [1.165, 1.54) is 17.3 Å². The highest BCUT2D eigenvalue weighted by atomic mass is 32.1. The molecule has 4 rings (SSSR count). The Hall–Kier alpha value is -2.97. The third-order valence-electron chi connectivity index (χ3n) is 5.98. The molecule has 0 N–H and O–H groups in total. The first-order valence-electron chi connectivity index (χ1n) is 10.9. The van der Waals surface area contributed by atoms with Gasteiger partial charge in [0.15, 0.2) is 0 Å². The van der Waals surface area contributed by atoms with Gasteiger partial charge in [0.1, 0.15) is 0 Å². The molecule has 1 amide bonds. The third-order valence-corrected chi connectivity index (χ3v) is 6.48. The summed E-state index contributed by atoms with van der Waals surface area (Å²) in [6, 6.07) is 20.0. The van der Waals surface area contributed by atoms with Crippen molar-refractivity contribution in [2.45, 2.75) is 12.5 Å². The number of likely N-dealkylation sites (N-methyl/N-ethyl adjacent to an activating group) is 1. The van der Waals surface area contributed by atoms with Crippen LogP contribution >= 0.6 is 11.7 Å². The van der Waals surface area contributed by atoms with Crippen LogP contribution in [0.15, 0.2) is 60.7 Å². The van der Waals surface area contributed by atoms with Crippen LogP contribution in [-0.2, 0) is 6.42 Å². The number of methoxy groups -OCH3 is 1. The maximum atomic E-state index is 13.2. The predicted octanol–water partition coefficient (Wildman–Crippen LogP) is 3.05. The SMILES string of the molecule is COc1nsnc1N1CCN(C[C@@H](Cc2ccccc2)N(C)C(=O)c2ccccc2)CC1. The van der Waals surface area contributed by atoms with Crippen molar-refractivity contribution in [1.29, 1.82) is 0 Å². The van der Waals surface area contributed by atoms with Crippen molar-refractivity contribution in [3.63, 3.8) is 0 Å². The first-order chi connectivity index (χ1) is 15.7. The van der Waals surface area contributed by atoms with E-state index >= 15 is 0 Å². The Balaban J connectivity index is 1.44. The smallest absolute Gasteiger partial charge is 0.270 e. The number of ether oxygens (including phenoxy) is 1. The monoisotopic (exact) mass is 451 g/mol. The fraction of sp³-hybridized carbons (Fsp3) is 0.375. The summed E-state index contributed by atoms with van der Waals surface area (Å²) < 4.78 is 13.9. The molecular formula is C24H29N5O2S. The van der Waals surface area contributed by atoms with Gasteiger partial charge in [0.2, 0.25) is 5.82 Å². The van der Waals surface area contributed by atoms with Gasteiger partial charge in [-0.2, -0.15) is 4.37 Å². The predicted molar refractivity (Wildman–Crippen MR) is 128 cm³/mol. The summed E-state index contributed by atoms with van der Waals surface area (Å²) in [5.41, 5.74) is 1.96. The highest BCUT2D eigenvalue weighted by Gasteiger charge is 2.27. The molecule has 0 spiro atoms. The number of piperazine rings is 1. The molecule has 0 radical (unpaired) electrons. The van der Waals surface area contributed by atoms with E-state index in [9.17, 15) is 4.79 Å². The number of benzene rings is 2. The van der Waals surface area contributed by atoms with Crippen molar-refractivity contribution in [2.75, 3.05) is 51.8 Å². The molecule has 1 atom stereocenters. The lowest BCUT2D eigenvalue weighted by Crippen LogP contribution is -2.52. The summed E-state index contributed by atoms with van der Waals surface area (Å²) in [6.45, 7) is 4.34. The van der Waals surface area contributed by atoms with Crippen LogP contribution in [0.1, 0.15) is 15.9 Å². The quantitative estimate of drug-likeness (QED) is 0.525. The summed E-state index contributed by atoms with van der Waals surface area (Å²) in [5.74, 6) is 1.48. The largest absolute Gasteiger partial charge is 0.478 e. The van der Waals surface area contributed by atoms with Crippen molar-refractivity contribution in [3.8, 4) is 5.88 Å². The second-order valence-electron chi connectivity index (χ2n) is 8.01. The number of amides is 1. The molecule has 1 aliphatic rings. The van der Waals surface area contributed by atoms with Gasteiger partial charge in [0.25, 0.3) is 11.8 Å². The van der Waals surface area contributed by atoms with Gasteiger partial charge in [-0.3, -0.25) is 9.69 Å². The van der Waals surface area contributed by atoms with Gasteiger partial charge in [-0.05, 0) is 24.1 Å². The normalized spacial score (nSPS) is 15.4. The van der Waals surface area contributed by atoms with Gasteiger partial charge in [-0.1, -0.05) is 48.5 Å². The minimum atomic E-state index is 0.0588. The van der Waals surface area contributed by atoms with Crippen LogP contribution in [0.25, 0.3) is 0 Å². The number of carbonyl (C=O) groups excluding carboxylic acids is 1. The van der Waals surface area contributed by atoms with Gasteiger partial charge < -0.3 is 14.5 Å². The van der Waals surface area contributed by atoms with Crippen molar-refractivity contribution < 1.29 is 9.53 Å². The zero-order valence-electron chi connectivity index (χ0n) is 18.6. The summed E-state index contributed by atoms with van der Waals surface area (Å²) in [6.07, 6.45) is 0.819. The van der Waals surface area contributed by atoms with Crippen LogP contribution in [-0.4, -0.2) is 77.4 Å². The van der Waals surface area contributed by atoms with E-state index in [0.29, 0.717) is 5.88 Å². The maximum absolute atomic E-state index is 13.2. The van der Waals surface area contributed by atoms with E-state index in [1.54, 1.807) is 7.11 Å². The number of rotatable bonds is 8. The van der Waals surface area contributed by atoms with Crippen LogP contribution in [0.2, 0.25) is 0 Å². The Morgan fingerprint density at radius 2 is 1.69 bits per heavy atom. The molecule has 8 heteroatoms. The Morgan fingerprint density at radius 3 is 2.34 bits per heavy atom. The number of hydrogen-bond donors (Lipinski definition) is 0. The highest BCUT2D eigenvalue weighted by Crippen LogP contribution is 2.26. The Kier molecular flexibility index (Phi) is 7.34. The molecule has 1 saturated heterocycles. The zero-order valence-corrected chi connectivity index (χ0v) is 19.4. The van der Waals surface area contributed by atoms with Crippen LogP contribution in [0.3, 0.4) is 0 Å². The van der Waals surface area contributed by atoms with Crippen LogP contribution in [0.5, 0.6) is 5.88 Å². The van der Waals surface area contributed by atoms with E-state index < -0.39 is 0 Å². The fourth-order valence-corrected chi connectivity index (χ4v) is 4.64. The van der Waals surface area contributed by atoms with Crippen molar-refractivity contribution >= 4 is 23.5 Å². The lowest BCUT2D eigenvalue weighted by atomic mass is 10.0. The summed E-state index contributed by atoms with van der Waals surface area (Å²) in [5, 5.41) is 0. The molecule has 168 valence electrons. The average Bonchev–Trinajstić information content (AvgIpc) is 3.33. The molecule has 2 aromatic carbocycles. The molecule has 7 nitrogen and oxygen atoms in total. The number of carbonyl (C=O) groups is 1. The molecule has 32 heavy (non-hydrogen) atoms. The van der Waals surface area contributed by atoms with Crippen molar-refractivity contribution in [2.24, 2.45) is 0 Å². The van der Waals surface area contributed by atoms with E-state index in [0.717, 1.165) is 50.5 Å². The molecule has 1 aliphatic heterocycles. The average molecular weight is 452 g/mol. The Bertz CT molecular complexity index is 990. The van der Waals surface area contributed by atoms with Gasteiger partial charge in [0, 0.05) is 51.4 Å². The summed E-state index contributed by atoms with van der Waals surface area (Å²) in [7, 11) is 3.55. The number of hydrogen-bond acceptors (Lipinski definition) is 7. The lowest BCUT2D eigenvalue weighted by Gasteiger charge is -2.38. The van der Waals surface area contributed by atoms with Crippen molar-refractivity contribution in [3.05, 3.63) is 71.8 Å². The number of anilines is 1. The molecular weight excluding hydrogens is 422 g/mol. The summed E-state index contributed by atoms with van der Waals surface area (Å²) >= 11 is 1.18. The maximum Gasteiger partial charge on any atom is 0.270 e. The third kappa shape index (κ3) is 5.26. The molecule has 1 aromatic heterocycles. The van der Waals surface area contributed by atoms with Gasteiger partial charge in [-0.25, -0.2) is 0 Å². The molecule has 0 bridgehead atoms. The first-order valence-corrected chi connectivity index (χ1v) is 11.6. The number of nitrogens with zero attached hydrogens (tertiary/aromatic N) is 5. The van der Waals surface area contributed by atoms with E-state index in [1.807, 2.05) is 48.3 Å². The number of aromatic nitrogens is 2.